The van der Waals surface area contributed by atoms with Gasteiger partial charge in [-0.15, -0.1) is 0 Å². The molecule has 1 aliphatic carbocycles. The van der Waals surface area contributed by atoms with Crippen molar-refractivity contribution >= 4 is 11.9 Å². The number of nitrogens with zero attached hydrogens (tertiary/aromatic N) is 2. The second-order valence-corrected chi connectivity index (χ2v) is 7.54. The third-order valence-electron chi connectivity index (χ3n) is 5.47. The Labute approximate surface area is 150 Å². The van der Waals surface area contributed by atoms with E-state index < -0.39 is 0 Å². The van der Waals surface area contributed by atoms with Gasteiger partial charge >= 0.3 is 6.03 Å². The SMILES string of the molecule is CN(C)C(=O)CC1CCN(C(=O)NCc2ccc3c(c2)CCC3)CC1. The number of likely N-dealkylation sites (tertiary alicyclic amines) is 1. The summed E-state index contributed by atoms with van der Waals surface area (Å²) in [4.78, 5) is 27.7. The lowest BCUT2D eigenvalue weighted by molar-refractivity contribution is -0.129. The Balaban J connectivity index is 1.43. The molecule has 3 amide bonds. The van der Waals surface area contributed by atoms with Crippen LogP contribution >= 0.6 is 0 Å². The zero-order valence-corrected chi connectivity index (χ0v) is 15.4. The number of amides is 3. The summed E-state index contributed by atoms with van der Waals surface area (Å²) >= 11 is 0. The van der Waals surface area contributed by atoms with Crippen molar-refractivity contribution in [1.82, 2.24) is 15.1 Å². The Morgan fingerprint density at radius 3 is 2.60 bits per heavy atom. The van der Waals surface area contributed by atoms with Crippen LogP contribution in [-0.2, 0) is 24.2 Å². The third-order valence-corrected chi connectivity index (χ3v) is 5.47. The maximum absolute atomic E-state index is 12.4. The molecule has 5 nitrogen and oxygen atoms in total. The van der Waals surface area contributed by atoms with Crippen LogP contribution in [0.5, 0.6) is 0 Å². The summed E-state index contributed by atoms with van der Waals surface area (Å²) in [6, 6.07) is 6.58. The Morgan fingerprint density at radius 1 is 1.16 bits per heavy atom. The molecule has 1 saturated heterocycles. The van der Waals surface area contributed by atoms with Gasteiger partial charge in [0.1, 0.15) is 0 Å². The van der Waals surface area contributed by atoms with Crippen LogP contribution in [0.1, 0.15) is 42.4 Å². The van der Waals surface area contributed by atoms with Crippen molar-refractivity contribution in [2.24, 2.45) is 5.92 Å². The molecule has 1 aliphatic heterocycles. The molecule has 0 unspecified atom stereocenters. The zero-order chi connectivity index (χ0) is 17.8. The van der Waals surface area contributed by atoms with E-state index in [2.05, 4.69) is 23.5 Å². The molecule has 1 N–H and O–H groups in total. The summed E-state index contributed by atoms with van der Waals surface area (Å²) < 4.78 is 0. The number of fused-ring (bicyclic) bond motifs is 1. The van der Waals surface area contributed by atoms with Crippen LogP contribution in [0.4, 0.5) is 4.79 Å². The minimum atomic E-state index is 0.0119. The number of rotatable bonds is 4. The molecule has 1 fully saturated rings. The van der Waals surface area contributed by atoms with Gasteiger partial charge in [-0.3, -0.25) is 4.79 Å². The normalized spacial score (nSPS) is 17.3. The van der Waals surface area contributed by atoms with Gasteiger partial charge in [-0.05, 0) is 54.7 Å². The predicted octanol–water partition coefficient (Wildman–Crippen LogP) is 2.58. The quantitative estimate of drug-likeness (QED) is 0.913. The number of aryl methyl sites for hydroxylation is 2. The number of piperidine rings is 1. The van der Waals surface area contributed by atoms with Gasteiger partial charge in [0.2, 0.25) is 5.91 Å². The number of nitrogens with one attached hydrogen (secondary N) is 1. The van der Waals surface area contributed by atoms with Gasteiger partial charge in [-0.1, -0.05) is 18.2 Å². The molecule has 0 saturated carbocycles. The summed E-state index contributed by atoms with van der Waals surface area (Å²) in [6.07, 6.45) is 6.01. The number of carbonyl (C=O) groups is 2. The Hall–Kier alpha value is -2.04. The summed E-state index contributed by atoms with van der Waals surface area (Å²) in [6.45, 7) is 2.06. The molecule has 1 aromatic rings. The fraction of sp³-hybridized carbons (Fsp3) is 0.600. The van der Waals surface area contributed by atoms with Crippen LogP contribution in [0.2, 0.25) is 0 Å². The molecule has 25 heavy (non-hydrogen) atoms. The number of benzene rings is 1. The molecular weight excluding hydrogens is 314 g/mol. The lowest BCUT2D eigenvalue weighted by Gasteiger charge is -2.32. The van der Waals surface area contributed by atoms with Crippen LogP contribution in [0.25, 0.3) is 0 Å². The Kier molecular flexibility index (Phi) is 5.61. The minimum absolute atomic E-state index is 0.0119. The van der Waals surface area contributed by atoms with Crippen LogP contribution in [-0.4, -0.2) is 48.9 Å². The first-order valence-corrected chi connectivity index (χ1v) is 9.36. The molecule has 0 spiro atoms. The van der Waals surface area contributed by atoms with E-state index in [1.165, 1.54) is 29.5 Å². The van der Waals surface area contributed by atoms with Gasteiger partial charge in [-0.2, -0.15) is 0 Å². The highest BCUT2D eigenvalue weighted by Crippen LogP contribution is 2.23. The average molecular weight is 343 g/mol. The van der Waals surface area contributed by atoms with Crippen LogP contribution in [0, 0.1) is 5.92 Å². The Bertz CT molecular complexity index is 634. The monoisotopic (exact) mass is 343 g/mol. The molecule has 2 aliphatic rings. The van der Waals surface area contributed by atoms with Gasteiger partial charge in [0.25, 0.3) is 0 Å². The topological polar surface area (TPSA) is 52.7 Å². The van der Waals surface area contributed by atoms with E-state index in [4.69, 9.17) is 0 Å². The first kappa shape index (κ1) is 17.8. The fourth-order valence-electron chi connectivity index (χ4n) is 3.79. The van der Waals surface area contributed by atoms with E-state index in [9.17, 15) is 9.59 Å². The largest absolute Gasteiger partial charge is 0.349 e. The lowest BCUT2D eigenvalue weighted by Crippen LogP contribution is -2.44. The average Bonchev–Trinajstić information content (AvgIpc) is 3.08. The van der Waals surface area contributed by atoms with E-state index in [1.807, 2.05) is 4.90 Å². The van der Waals surface area contributed by atoms with Gasteiger partial charge < -0.3 is 15.1 Å². The fourth-order valence-corrected chi connectivity index (χ4v) is 3.79. The third kappa shape index (κ3) is 4.53. The highest BCUT2D eigenvalue weighted by molar-refractivity contribution is 5.76. The second-order valence-electron chi connectivity index (χ2n) is 7.54. The first-order chi connectivity index (χ1) is 12.0. The molecule has 0 bridgehead atoms. The van der Waals surface area contributed by atoms with E-state index in [0.717, 1.165) is 32.4 Å². The maximum Gasteiger partial charge on any atom is 0.317 e. The van der Waals surface area contributed by atoms with Crippen LogP contribution < -0.4 is 5.32 Å². The number of urea groups is 1. The lowest BCUT2D eigenvalue weighted by atomic mass is 9.93. The molecule has 5 heteroatoms. The summed E-state index contributed by atoms with van der Waals surface area (Å²) in [5.74, 6) is 0.579. The van der Waals surface area contributed by atoms with Crippen molar-refractivity contribution in [2.75, 3.05) is 27.2 Å². The van der Waals surface area contributed by atoms with Gasteiger partial charge in [0, 0.05) is 40.2 Å². The molecule has 0 aromatic heterocycles. The highest BCUT2D eigenvalue weighted by Gasteiger charge is 2.24. The maximum atomic E-state index is 12.4. The molecule has 0 radical (unpaired) electrons. The van der Waals surface area contributed by atoms with Gasteiger partial charge in [-0.25, -0.2) is 4.79 Å². The molecule has 136 valence electrons. The summed E-state index contributed by atoms with van der Waals surface area (Å²) in [5, 5.41) is 3.05. The van der Waals surface area contributed by atoms with Crippen molar-refractivity contribution in [3.05, 3.63) is 34.9 Å². The van der Waals surface area contributed by atoms with Crippen molar-refractivity contribution in [2.45, 2.75) is 45.1 Å². The van der Waals surface area contributed by atoms with E-state index >= 15 is 0 Å². The van der Waals surface area contributed by atoms with Gasteiger partial charge in [0.15, 0.2) is 0 Å². The number of hydrogen-bond acceptors (Lipinski definition) is 2. The van der Waals surface area contributed by atoms with Crippen molar-refractivity contribution in [3.63, 3.8) is 0 Å². The van der Waals surface area contributed by atoms with E-state index in [-0.39, 0.29) is 11.9 Å². The zero-order valence-electron chi connectivity index (χ0n) is 15.4. The van der Waals surface area contributed by atoms with Crippen molar-refractivity contribution in [3.8, 4) is 0 Å². The van der Waals surface area contributed by atoms with Crippen molar-refractivity contribution in [1.29, 1.82) is 0 Å². The van der Waals surface area contributed by atoms with E-state index in [1.54, 1.807) is 19.0 Å². The second kappa shape index (κ2) is 7.89. The Morgan fingerprint density at radius 2 is 1.88 bits per heavy atom. The molecule has 1 aromatic carbocycles. The predicted molar refractivity (Wildman–Crippen MR) is 98.3 cm³/mol. The van der Waals surface area contributed by atoms with Crippen molar-refractivity contribution < 1.29 is 9.59 Å². The number of carbonyl (C=O) groups excluding carboxylic acids is 2. The minimum Gasteiger partial charge on any atom is -0.349 e. The summed E-state index contributed by atoms with van der Waals surface area (Å²) in [7, 11) is 3.59. The van der Waals surface area contributed by atoms with Crippen LogP contribution in [0.15, 0.2) is 18.2 Å². The van der Waals surface area contributed by atoms with Crippen LogP contribution in [0.3, 0.4) is 0 Å². The molecular formula is C20H29N3O2. The van der Waals surface area contributed by atoms with E-state index in [0.29, 0.717) is 18.9 Å². The highest BCUT2D eigenvalue weighted by atomic mass is 16.2. The molecule has 1 heterocycles. The molecule has 3 rings (SSSR count). The molecule has 0 atom stereocenters. The van der Waals surface area contributed by atoms with Gasteiger partial charge in [0.05, 0.1) is 0 Å². The smallest absolute Gasteiger partial charge is 0.317 e. The summed E-state index contributed by atoms with van der Waals surface area (Å²) in [5.41, 5.74) is 4.09. The first-order valence-electron chi connectivity index (χ1n) is 9.36. The number of hydrogen-bond donors (Lipinski definition) is 1. The standard InChI is InChI=1S/C20H29N3O2/c1-22(2)19(24)13-15-8-10-23(11-9-15)20(25)21-14-16-6-7-17-4-3-5-18(17)12-16/h6-7,12,15H,3-5,8-11,13-14H2,1-2H3,(H,21,25).